The predicted molar refractivity (Wildman–Crippen MR) is 52.0 cm³/mol. The van der Waals surface area contributed by atoms with Crippen LogP contribution in [0.25, 0.3) is 0 Å². The molecule has 1 aromatic heterocycles. The molecule has 13 heavy (non-hydrogen) atoms. The van der Waals surface area contributed by atoms with Crippen molar-refractivity contribution in [1.82, 2.24) is 5.16 Å². The maximum Gasteiger partial charge on any atom is 0.230 e. The molecule has 0 radical (unpaired) electrons. The molecule has 0 spiro atoms. The summed E-state index contributed by atoms with van der Waals surface area (Å²) in [5.74, 6) is 0.999. The minimum Gasteiger partial charge on any atom is -0.338 e. The second kappa shape index (κ2) is 3.05. The summed E-state index contributed by atoms with van der Waals surface area (Å²) in [4.78, 5) is 2.29. The van der Waals surface area contributed by atoms with Gasteiger partial charge in [-0.25, -0.2) is 0 Å². The van der Waals surface area contributed by atoms with Gasteiger partial charge < -0.3 is 9.42 Å². The van der Waals surface area contributed by atoms with Crippen LogP contribution in [0, 0.1) is 6.92 Å². The molecule has 1 aliphatic heterocycles. The maximum atomic E-state index is 5.34. The van der Waals surface area contributed by atoms with E-state index in [0.717, 1.165) is 24.5 Å². The van der Waals surface area contributed by atoms with Crippen LogP contribution in [-0.4, -0.2) is 17.7 Å². The third kappa shape index (κ3) is 1.32. The van der Waals surface area contributed by atoms with Crippen molar-refractivity contribution in [2.45, 2.75) is 39.7 Å². The molecule has 0 saturated carbocycles. The molecule has 0 amide bonds. The fraction of sp³-hybridized carbons (Fsp3) is 0.700. The van der Waals surface area contributed by atoms with Gasteiger partial charge in [-0.2, -0.15) is 0 Å². The minimum absolute atomic E-state index is 0.506. The molecule has 0 fully saturated rings. The van der Waals surface area contributed by atoms with Crippen molar-refractivity contribution in [2.75, 3.05) is 11.4 Å². The van der Waals surface area contributed by atoms with Gasteiger partial charge in [0.25, 0.3) is 0 Å². The first-order valence-electron chi connectivity index (χ1n) is 4.92. The molecule has 1 aliphatic rings. The third-order valence-corrected chi connectivity index (χ3v) is 2.67. The second-order valence-electron chi connectivity index (χ2n) is 3.94. The summed E-state index contributed by atoms with van der Waals surface area (Å²) < 4.78 is 5.34. The Labute approximate surface area is 78.7 Å². The van der Waals surface area contributed by atoms with Crippen LogP contribution in [-0.2, 0) is 6.42 Å². The zero-order valence-electron chi connectivity index (χ0n) is 8.50. The molecule has 0 aromatic carbocycles. The van der Waals surface area contributed by atoms with Crippen molar-refractivity contribution in [1.29, 1.82) is 0 Å². The van der Waals surface area contributed by atoms with Gasteiger partial charge in [-0.1, -0.05) is 5.16 Å². The molecule has 0 bridgehead atoms. The van der Waals surface area contributed by atoms with Gasteiger partial charge in [0.05, 0.1) is 5.69 Å². The summed E-state index contributed by atoms with van der Waals surface area (Å²) in [7, 11) is 0. The van der Waals surface area contributed by atoms with Gasteiger partial charge in [0.15, 0.2) is 0 Å². The van der Waals surface area contributed by atoms with Crippen molar-refractivity contribution in [3.8, 4) is 0 Å². The fourth-order valence-electron chi connectivity index (χ4n) is 1.91. The maximum absolute atomic E-state index is 5.34. The standard InChI is InChI=1S/C10H16N2O/c1-7(2)12-6-4-5-9-8(3)11-13-10(9)12/h7H,4-6H2,1-3H3. The first-order chi connectivity index (χ1) is 6.20. The van der Waals surface area contributed by atoms with E-state index >= 15 is 0 Å². The lowest BCUT2D eigenvalue weighted by atomic mass is 10.0. The summed E-state index contributed by atoms with van der Waals surface area (Å²) in [6, 6.07) is 0.506. The van der Waals surface area contributed by atoms with Gasteiger partial charge in [0.1, 0.15) is 0 Å². The van der Waals surface area contributed by atoms with Crippen LogP contribution in [0.5, 0.6) is 0 Å². The topological polar surface area (TPSA) is 29.3 Å². The van der Waals surface area contributed by atoms with Crippen LogP contribution >= 0.6 is 0 Å². The van der Waals surface area contributed by atoms with Gasteiger partial charge in [-0.3, -0.25) is 0 Å². The average Bonchev–Trinajstić information content (AvgIpc) is 2.48. The Balaban J connectivity index is 2.38. The molecule has 0 N–H and O–H groups in total. The van der Waals surface area contributed by atoms with Crippen molar-refractivity contribution in [3.05, 3.63) is 11.3 Å². The smallest absolute Gasteiger partial charge is 0.230 e. The van der Waals surface area contributed by atoms with E-state index in [4.69, 9.17) is 4.52 Å². The summed E-state index contributed by atoms with van der Waals surface area (Å²) in [6.45, 7) is 7.49. The lowest BCUT2D eigenvalue weighted by Gasteiger charge is -2.29. The zero-order valence-corrected chi connectivity index (χ0v) is 8.50. The van der Waals surface area contributed by atoms with E-state index in [1.807, 2.05) is 6.92 Å². The molecule has 1 aromatic rings. The first kappa shape index (κ1) is 8.60. The van der Waals surface area contributed by atoms with E-state index in [0.29, 0.717) is 6.04 Å². The molecule has 0 atom stereocenters. The molecule has 0 unspecified atom stereocenters. The van der Waals surface area contributed by atoms with E-state index in [2.05, 4.69) is 23.9 Å². The summed E-state index contributed by atoms with van der Waals surface area (Å²) >= 11 is 0. The lowest BCUT2D eigenvalue weighted by Crippen LogP contribution is -2.34. The normalized spacial score (nSPS) is 16.5. The van der Waals surface area contributed by atoms with Crippen LogP contribution in [0.15, 0.2) is 4.52 Å². The number of aromatic nitrogens is 1. The molecular formula is C10H16N2O. The Kier molecular flexibility index (Phi) is 2.02. The Morgan fingerprint density at radius 2 is 2.23 bits per heavy atom. The van der Waals surface area contributed by atoms with Gasteiger partial charge in [0, 0.05) is 18.2 Å². The van der Waals surface area contributed by atoms with Crippen molar-refractivity contribution in [2.24, 2.45) is 0 Å². The van der Waals surface area contributed by atoms with Gasteiger partial charge in [-0.15, -0.1) is 0 Å². The third-order valence-electron chi connectivity index (χ3n) is 2.67. The molecule has 3 nitrogen and oxygen atoms in total. The second-order valence-corrected chi connectivity index (χ2v) is 3.94. The van der Waals surface area contributed by atoms with Gasteiger partial charge in [0.2, 0.25) is 5.88 Å². The Bertz CT molecular complexity index is 304. The quantitative estimate of drug-likeness (QED) is 0.663. The number of fused-ring (bicyclic) bond motifs is 1. The molecule has 0 saturated heterocycles. The number of nitrogens with zero attached hydrogens (tertiary/aromatic N) is 2. The number of aryl methyl sites for hydroxylation is 1. The molecule has 2 heterocycles. The minimum atomic E-state index is 0.506. The SMILES string of the molecule is Cc1noc2c1CCCN2C(C)C. The number of rotatable bonds is 1. The number of anilines is 1. The van der Waals surface area contributed by atoms with Crippen LogP contribution in [0.2, 0.25) is 0 Å². The van der Waals surface area contributed by atoms with E-state index in [-0.39, 0.29) is 0 Å². The van der Waals surface area contributed by atoms with Crippen LogP contribution < -0.4 is 4.90 Å². The van der Waals surface area contributed by atoms with E-state index < -0.39 is 0 Å². The Morgan fingerprint density at radius 1 is 1.46 bits per heavy atom. The Morgan fingerprint density at radius 3 is 2.92 bits per heavy atom. The lowest BCUT2D eigenvalue weighted by molar-refractivity contribution is 0.398. The van der Waals surface area contributed by atoms with Crippen molar-refractivity contribution in [3.63, 3.8) is 0 Å². The van der Waals surface area contributed by atoms with Crippen LogP contribution in [0.3, 0.4) is 0 Å². The van der Waals surface area contributed by atoms with Crippen molar-refractivity contribution < 1.29 is 4.52 Å². The van der Waals surface area contributed by atoms with Crippen LogP contribution in [0.4, 0.5) is 5.88 Å². The van der Waals surface area contributed by atoms with E-state index in [1.54, 1.807) is 0 Å². The molecule has 2 rings (SSSR count). The van der Waals surface area contributed by atoms with E-state index in [1.165, 1.54) is 12.0 Å². The fourth-order valence-corrected chi connectivity index (χ4v) is 1.91. The highest BCUT2D eigenvalue weighted by atomic mass is 16.5. The largest absolute Gasteiger partial charge is 0.338 e. The summed E-state index contributed by atoms with van der Waals surface area (Å²) in [6.07, 6.45) is 2.33. The van der Waals surface area contributed by atoms with Crippen LogP contribution in [0.1, 0.15) is 31.5 Å². The number of hydrogen-bond donors (Lipinski definition) is 0. The highest BCUT2D eigenvalue weighted by Gasteiger charge is 2.24. The molecular weight excluding hydrogens is 164 g/mol. The first-order valence-corrected chi connectivity index (χ1v) is 4.92. The molecule has 3 heteroatoms. The van der Waals surface area contributed by atoms with Gasteiger partial charge >= 0.3 is 0 Å². The average molecular weight is 180 g/mol. The van der Waals surface area contributed by atoms with Crippen molar-refractivity contribution >= 4 is 5.88 Å². The van der Waals surface area contributed by atoms with E-state index in [9.17, 15) is 0 Å². The highest BCUT2D eigenvalue weighted by molar-refractivity contribution is 5.48. The summed E-state index contributed by atoms with van der Waals surface area (Å²) in [5, 5.41) is 4.01. The Hall–Kier alpha value is -0.990. The molecule has 0 aliphatic carbocycles. The number of hydrogen-bond acceptors (Lipinski definition) is 3. The summed E-state index contributed by atoms with van der Waals surface area (Å²) in [5.41, 5.74) is 2.36. The predicted octanol–water partition coefficient (Wildman–Crippen LogP) is 2.14. The molecule has 72 valence electrons. The highest BCUT2D eigenvalue weighted by Crippen LogP contribution is 2.30. The zero-order chi connectivity index (χ0) is 9.42. The van der Waals surface area contributed by atoms with Gasteiger partial charge in [-0.05, 0) is 33.6 Å². The monoisotopic (exact) mass is 180 g/mol.